The van der Waals surface area contributed by atoms with Crippen molar-refractivity contribution >= 4 is 27.6 Å². The molecule has 2 aliphatic rings. The minimum atomic E-state index is -3.43. The molecular formula is C25H40N4O6S. The van der Waals surface area contributed by atoms with Crippen molar-refractivity contribution in [3.8, 4) is 5.75 Å². The molecule has 1 aliphatic heterocycles. The topological polar surface area (TPSA) is 128 Å². The molecule has 1 saturated carbocycles. The van der Waals surface area contributed by atoms with Gasteiger partial charge in [-0.2, -0.15) is 0 Å². The maximum atomic E-state index is 13.3. The first-order chi connectivity index (χ1) is 17.0. The van der Waals surface area contributed by atoms with E-state index >= 15 is 0 Å². The zero-order chi connectivity index (χ0) is 26.5. The number of aliphatic hydroxyl groups excluding tert-OH is 1. The van der Waals surface area contributed by atoms with E-state index in [2.05, 4.69) is 10.6 Å². The van der Waals surface area contributed by atoms with Crippen molar-refractivity contribution in [2.45, 2.75) is 70.6 Å². The molecule has 0 aromatic heterocycles. The van der Waals surface area contributed by atoms with Gasteiger partial charge in [0.05, 0.1) is 31.9 Å². The Morgan fingerprint density at radius 2 is 1.97 bits per heavy atom. The third-order valence-electron chi connectivity index (χ3n) is 7.12. The van der Waals surface area contributed by atoms with E-state index in [9.17, 15) is 23.1 Å². The molecule has 10 nitrogen and oxygen atoms in total. The molecule has 36 heavy (non-hydrogen) atoms. The van der Waals surface area contributed by atoms with Crippen molar-refractivity contribution in [2.24, 2.45) is 5.92 Å². The van der Waals surface area contributed by atoms with Crippen LogP contribution in [0.5, 0.6) is 5.75 Å². The number of fused-ring (bicyclic) bond motifs is 1. The van der Waals surface area contributed by atoms with Crippen LogP contribution in [0, 0.1) is 5.92 Å². The molecule has 1 aliphatic carbocycles. The molecule has 0 bridgehead atoms. The van der Waals surface area contributed by atoms with Crippen molar-refractivity contribution in [3.05, 3.63) is 23.8 Å². The molecule has 0 radical (unpaired) electrons. The van der Waals surface area contributed by atoms with Crippen LogP contribution in [-0.4, -0.2) is 85.9 Å². The van der Waals surface area contributed by atoms with Crippen molar-refractivity contribution in [3.63, 3.8) is 0 Å². The van der Waals surface area contributed by atoms with Crippen LogP contribution in [0.3, 0.4) is 0 Å². The summed E-state index contributed by atoms with van der Waals surface area (Å²) >= 11 is 0. The number of ether oxygens (including phenoxy) is 1. The van der Waals surface area contributed by atoms with E-state index in [-0.39, 0.29) is 43.5 Å². The number of anilines is 1. The van der Waals surface area contributed by atoms with Crippen LogP contribution in [0.25, 0.3) is 0 Å². The highest BCUT2D eigenvalue weighted by Gasteiger charge is 2.32. The maximum Gasteiger partial charge on any atom is 0.319 e. The fourth-order valence-corrected chi connectivity index (χ4v) is 5.13. The minimum absolute atomic E-state index is 0.0286. The molecule has 11 heteroatoms. The molecule has 1 aromatic carbocycles. The van der Waals surface area contributed by atoms with Gasteiger partial charge in [-0.05, 0) is 38.0 Å². The predicted molar refractivity (Wildman–Crippen MR) is 138 cm³/mol. The summed E-state index contributed by atoms with van der Waals surface area (Å²) in [7, 11) is -1.94. The molecule has 1 heterocycles. The number of nitrogens with one attached hydrogen (secondary N) is 2. The second-order valence-corrected chi connectivity index (χ2v) is 12.3. The standard InChI is InChI=1S/C25H40N4O6S/c1-17-14-29(18(2)16-30)24(31)13-19-12-21(27-25(32)26-20-8-6-5-7-9-20)10-11-22(19)35-23(17)15-28(3)36(4,33)34/h10-12,17-18,20,23,30H,5-9,13-16H2,1-4H3,(H2,26,27,32)/t17-,18+,23-/m1/s1. The Labute approximate surface area is 214 Å². The SMILES string of the molecule is C[C@@H]1CN([C@@H](C)CO)C(=O)Cc2cc(NC(=O)NC3CCCCC3)ccc2O[C@@H]1CN(C)S(C)(=O)=O. The van der Waals surface area contributed by atoms with Crippen molar-refractivity contribution < 1.29 is 27.9 Å². The number of rotatable bonds is 7. The van der Waals surface area contributed by atoms with Gasteiger partial charge in [-0.25, -0.2) is 17.5 Å². The van der Waals surface area contributed by atoms with E-state index in [4.69, 9.17) is 4.74 Å². The summed E-state index contributed by atoms with van der Waals surface area (Å²) in [5.74, 6) is 0.0881. The van der Waals surface area contributed by atoms with Gasteiger partial charge in [-0.3, -0.25) is 4.79 Å². The van der Waals surface area contributed by atoms with E-state index in [0.29, 0.717) is 23.5 Å². The van der Waals surface area contributed by atoms with Gasteiger partial charge < -0.3 is 25.4 Å². The minimum Gasteiger partial charge on any atom is -0.488 e. The molecule has 3 rings (SSSR count). The third-order valence-corrected chi connectivity index (χ3v) is 8.40. The summed E-state index contributed by atoms with van der Waals surface area (Å²) in [5.41, 5.74) is 1.13. The van der Waals surface area contributed by atoms with Gasteiger partial charge in [-0.15, -0.1) is 0 Å². The molecular weight excluding hydrogens is 484 g/mol. The zero-order valence-electron chi connectivity index (χ0n) is 21.7. The van der Waals surface area contributed by atoms with Gasteiger partial charge in [-0.1, -0.05) is 26.2 Å². The van der Waals surface area contributed by atoms with Crippen molar-refractivity contribution in [1.29, 1.82) is 0 Å². The molecule has 202 valence electrons. The van der Waals surface area contributed by atoms with Crippen LogP contribution in [0.4, 0.5) is 10.5 Å². The average molecular weight is 525 g/mol. The zero-order valence-corrected chi connectivity index (χ0v) is 22.5. The first-order valence-corrected chi connectivity index (χ1v) is 14.5. The van der Waals surface area contributed by atoms with E-state index < -0.39 is 22.2 Å². The van der Waals surface area contributed by atoms with Gasteiger partial charge in [0.2, 0.25) is 15.9 Å². The Kier molecular flexibility index (Phi) is 9.59. The van der Waals surface area contributed by atoms with E-state index in [1.165, 1.54) is 17.8 Å². The molecule has 0 spiro atoms. The first-order valence-electron chi connectivity index (χ1n) is 12.7. The molecule has 3 N–H and O–H groups in total. The molecule has 3 atom stereocenters. The number of carbonyl (C=O) groups is 2. The van der Waals surface area contributed by atoms with Gasteiger partial charge in [0.15, 0.2) is 0 Å². The number of aliphatic hydroxyl groups is 1. The van der Waals surface area contributed by atoms with Crippen molar-refractivity contribution in [2.75, 3.05) is 38.3 Å². The van der Waals surface area contributed by atoms with Gasteiger partial charge in [0.1, 0.15) is 11.9 Å². The number of carbonyl (C=O) groups excluding carboxylic acids is 2. The van der Waals surface area contributed by atoms with Gasteiger partial charge >= 0.3 is 6.03 Å². The summed E-state index contributed by atoms with van der Waals surface area (Å²) in [6.45, 7) is 3.91. The highest BCUT2D eigenvalue weighted by molar-refractivity contribution is 7.88. The smallest absolute Gasteiger partial charge is 0.319 e. The Balaban J connectivity index is 1.86. The first kappa shape index (κ1) is 28.2. The number of benzene rings is 1. The number of hydrogen-bond donors (Lipinski definition) is 3. The number of amides is 3. The lowest BCUT2D eigenvalue weighted by atomic mass is 9.96. The molecule has 0 unspecified atom stereocenters. The Hall–Kier alpha value is -2.37. The van der Waals surface area contributed by atoms with Crippen LogP contribution in [0.1, 0.15) is 51.5 Å². The van der Waals surface area contributed by atoms with Crippen LogP contribution >= 0.6 is 0 Å². The number of sulfonamides is 1. The van der Waals surface area contributed by atoms with E-state index in [1.54, 1.807) is 30.0 Å². The van der Waals surface area contributed by atoms with Crippen LogP contribution in [0.2, 0.25) is 0 Å². The molecule has 3 amide bonds. The molecule has 1 fully saturated rings. The fourth-order valence-electron chi connectivity index (χ4n) is 4.71. The highest BCUT2D eigenvalue weighted by Crippen LogP contribution is 2.29. The van der Waals surface area contributed by atoms with Crippen LogP contribution < -0.4 is 15.4 Å². The molecule has 1 aromatic rings. The van der Waals surface area contributed by atoms with Crippen LogP contribution in [0.15, 0.2) is 18.2 Å². The van der Waals surface area contributed by atoms with Gasteiger partial charge in [0, 0.05) is 36.8 Å². The molecule has 0 saturated heterocycles. The largest absolute Gasteiger partial charge is 0.488 e. The predicted octanol–water partition coefficient (Wildman–Crippen LogP) is 2.18. The lowest BCUT2D eigenvalue weighted by Gasteiger charge is -2.33. The maximum absolute atomic E-state index is 13.3. The lowest BCUT2D eigenvalue weighted by molar-refractivity contribution is -0.134. The summed E-state index contributed by atoms with van der Waals surface area (Å²) in [4.78, 5) is 27.4. The number of likely N-dealkylation sites (N-methyl/N-ethyl adjacent to an activating group) is 1. The highest BCUT2D eigenvalue weighted by atomic mass is 32.2. The number of hydrogen-bond acceptors (Lipinski definition) is 6. The summed E-state index contributed by atoms with van der Waals surface area (Å²) < 4.78 is 31.7. The Bertz CT molecular complexity index is 1030. The van der Waals surface area contributed by atoms with E-state index in [1.807, 2.05) is 6.92 Å². The lowest BCUT2D eigenvalue weighted by Crippen LogP contribution is -2.48. The summed E-state index contributed by atoms with van der Waals surface area (Å²) in [6.07, 6.45) is 6.00. The third kappa shape index (κ3) is 7.57. The second kappa shape index (κ2) is 12.2. The Morgan fingerprint density at radius 3 is 2.61 bits per heavy atom. The van der Waals surface area contributed by atoms with Crippen molar-refractivity contribution in [1.82, 2.24) is 14.5 Å². The monoisotopic (exact) mass is 524 g/mol. The summed E-state index contributed by atoms with van der Waals surface area (Å²) in [6, 6.07) is 4.63. The summed E-state index contributed by atoms with van der Waals surface area (Å²) in [5, 5.41) is 15.6. The average Bonchev–Trinajstić information content (AvgIpc) is 2.86. The number of nitrogens with zero attached hydrogens (tertiary/aromatic N) is 2. The van der Waals surface area contributed by atoms with Gasteiger partial charge in [0.25, 0.3) is 0 Å². The fraction of sp³-hybridized carbons (Fsp3) is 0.680. The van der Waals surface area contributed by atoms with E-state index in [0.717, 1.165) is 31.9 Å². The quantitative estimate of drug-likeness (QED) is 0.502. The number of urea groups is 1. The second-order valence-electron chi connectivity index (χ2n) is 10.2. The Morgan fingerprint density at radius 1 is 1.28 bits per heavy atom. The normalized spacial score (nSPS) is 22.6. The van der Waals surface area contributed by atoms with Crippen LogP contribution in [-0.2, 0) is 21.2 Å².